The molecule has 0 unspecified atom stereocenters. The van der Waals surface area contributed by atoms with Gasteiger partial charge in [-0.3, -0.25) is 9.59 Å². The molecule has 0 spiro atoms. The SMILES string of the molecule is Cc1c(NC(=O)c2cccc(O)c2)c2ccccn2c1C(=O)c1ccc(N)c(C(=O)O)c1. The second-order valence-electron chi connectivity index (χ2n) is 7.25. The highest BCUT2D eigenvalue weighted by Crippen LogP contribution is 2.31. The van der Waals surface area contributed by atoms with Crippen LogP contribution in [0, 0.1) is 6.92 Å². The van der Waals surface area contributed by atoms with E-state index in [1.54, 1.807) is 47.9 Å². The topological polar surface area (TPSA) is 134 Å². The number of nitrogens with zero attached hydrogens (tertiary/aromatic N) is 1. The number of aromatic hydroxyl groups is 1. The number of amides is 1. The summed E-state index contributed by atoms with van der Waals surface area (Å²) in [6, 6.07) is 15.3. The molecule has 0 radical (unpaired) electrons. The van der Waals surface area contributed by atoms with Gasteiger partial charge in [0.05, 0.1) is 22.5 Å². The minimum absolute atomic E-state index is 0.0374. The van der Waals surface area contributed by atoms with Crippen LogP contribution in [0.4, 0.5) is 11.4 Å². The van der Waals surface area contributed by atoms with Gasteiger partial charge in [0.15, 0.2) is 0 Å². The van der Waals surface area contributed by atoms with E-state index in [0.717, 1.165) is 0 Å². The number of phenolic OH excluding ortho intramolecular Hbond substituents is 1. The van der Waals surface area contributed by atoms with Gasteiger partial charge in [-0.05, 0) is 55.5 Å². The molecule has 0 fully saturated rings. The lowest BCUT2D eigenvalue weighted by atomic mass is 10.0. The van der Waals surface area contributed by atoms with Crippen LogP contribution in [0.25, 0.3) is 5.52 Å². The second kappa shape index (κ2) is 7.92. The largest absolute Gasteiger partial charge is 0.508 e. The Balaban J connectivity index is 1.81. The van der Waals surface area contributed by atoms with E-state index in [1.807, 2.05) is 0 Å². The molecule has 0 aliphatic rings. The Labute approximate surface area is 182 Å². The highest BCUT2D eigenvalue weighted by molar-refractivity contribution is 6.14. The van der Waals surface area contributed by atoms with Crippen molar-refractivity contribution in [1.29, 1.82) is 0 Å². The Morgan fingerprint density at radius 2 is 1.75 bits per heavy atom. The number of anilines is 2. The van der Waals surface area contributed by atoms with Gasteiger partial charge in [-0.25, -0.2) is 4.79 Å². The van der Waals surface area contributed by atoms with Crippen LogP contribution in [0.5, 0.6) is 5.75 Å². The van der Waals surface area contributed by atoms with Crippen LogP contribution < -0.4 is 11.1 Å². The number of pyridine rings is 1. The van der Waals surface area contributed by atoms with Gasteiger partial charge < -0.3 is 25.7 Å². The summed E-state index contributed by atoms with van der Waals surface area (Å²) in [6.45, 7) is 1.70. The fraction of sp³-hybridized carbons (Fsp3) is 0.0417. The molecule has 0 saturated heterocycles. The lowest BCUT2D eigenvalue weighted by Gasteiger charge is -2.07. The molecule has 0 saturated carbocycles. The maximum absolute atomic E-state index is 13.4. The van der Waals surface area contributed by atoms with Crippen LogP contribution in [0.2, 0.25) is 0 Å². The van der Waals surface area contributed by atoms with Crippen LogP contribution in [-0.2, 0) is 0 Å². The molecule has 2 aromatic carbocycles. The molecular weight excluding hydrogens is 410 g/mol. The summed E-state index contributed by atoms with van der Waals surface area (Å²) in [7, 11) is 0. The van der Waals surface area contributed by atoms with Gasteiger partial charge in [-0.2, -0.15) is 0 Å². The summed E-state index contributed by atoms with van der Waals surface area (Å²) in [5.74, 6) is -2.12. The number of benzene rings is 2. The standard InChI is InChI=1S/C24H19N3O5/c1-13-20(26-23(30)15-5-4-6-16(28)11-15)19-7-2-3-10-27(19)21(13)22(29)14-8-9-18(25)17(12-14)24(31)32/h2-12,28H,25H2,1H3,(H,26,30)(H,31,32). The zero-order chi connectivity index (χ0) is 23.0. The number of nitrogens with one attached hydrogen (secondary N) is 1. The van der Waals surface area contributed by atoms with E-state index < -0.39 is 17.7 Å². The summed E-state index contributed by atoms with van der Waals surface area (Å²) >= 11 is 0. The summed E-state index contributed by atoms with van der Waals surface area (Å²) in [6.07, 6.45) is 1.69. The number of nitrogens with two attached hydrogens (primary N) is 1. The van der Waals surface area contributed by atoms with Crippen LogP contribution >= 0.6 is 0 Å². The van der Waals surface area contributed by atoms with Crippen molar-refractivity contribution in [1.82, 2.24) is 4.40 Å². The molecule has 0 aliphatic carbocycles. The first-order valence-corrected chi connectivity index (χ1v) is 9.65. The first kappa shape index (κ1) is 20.7. The third-order valence-corrected chi connectivity index (χ3v) is 5.19. The third-order valence-electron chi connectivity index (χ3n) is 5.19. The van der Waals surface area contributed by atoms with Crippen molar-refractivity contribution >= 4 is 34.6 Å². The number of hydrogen-bond acceptors (Lipinski definition) is 5. The maximum Gasteiger partial charge on any atom is 0.337 e. The van der Waals surface area contributed by atoms with E-state index in [9.17, 15) is 24.6 Å². The number of phenols is 1. The Kier molecular flexibility index (Phi) is 5.11. The zero-order valence-corrected chi connectivity index (χ0v) is 17.0. The molecule has 32 heavy (non-hydrogen) atoms. The number of aromatic nitrogens is 1. The van der Waals surface area contributed by atoms with Gasteiger partial charge in [0.2, 0.25) is 5.78 Å². The van der Waals surface area contributed by atoms with E-state index in [-0.39, 0.29) is 33.8 Å². The van der Waals surface area contributed by atoms with Crippen LogP contribution in [-0.4, -0.2) is 32.3 Å². The summed E-state index contributed by atoms with van der Waals surface area (Å²) in [4.78, 5) is 37.6. The number of carbonyl (C=O) groups is 3. The number of carboxylic acids is 1. The number of nitrogen functional groups attached to an aromatic ring is 1. The van der Waals surface area contributed by atoms with E-state index in [1.165, 1.54) is 30.3 Å². The number of carboxylic acid groups (broad SMARTS) is 1. The number of aromatic carboxylic acids is 1. The minimum Gasteiger partial charge on any atom is -0.508 e. The number of fused-ring (bicyclic) bond motifs is 1. The van der Waals surface area contributed by atoms with E-state index in [2.05, 4.69) is 5.32 Å². The van der Waals surface area contributed by atoms with Crippen molar-refractivity contribution in [2.24, 2.45) is 0 Å². The minimum atomic E-state index is -1.23. The normalized spacial score (nSPS) is 10.8. The van der Waals surface area contributed by atoms with Crippen molar-refractivity contribution in [2.45, 2.75) is 6.92 Å². The predicted molar refractivity (Wildman–Crippen MR) is 119 cm³/mol. The van der Waals surface area contributed by atoms with E-state index in [4.69, 9.17) is 5.73 Å². The Hall–Kier alpha value is -4.59. The molecule has 0 aliphatic heterocycles. The summed E-state index contributed by atoms with van der Waals surface area (Å²) in [5, 5.41) is 21.8. The molecule has 0 atom stereocenters. The van der Waals surface area contributed by atoms with E-state index >= 15 is 0 Å². The molecule has 4 aromatic rings. The Morgan fingerprint density at radius 1 is 0.969 bits per heavy atom. The van der Waals surface area contributed by atoms with Crippen molar-refractivity contribution in [2.75, 3.05) is 11.1 Å². The second-order valence-corrected chi connectivity index (χ2v) is 7.25. The molecule has 160 valence electrons. The van der Waals surface area contributed by atoms with Gasteiger partial charge in [0.25, 0.3) is 5.91 Å². The fourth-order valence-corrected chi connectivity index (χ4v) is 3.62. The summed E-state index contributed by atoms with van der Waals surface area (Å²) < 4.78 is 1.65. The van der Waals surface area contributed by atoms with Crippen LogP contribution in [0.3, 0.4) is 0 Å². The lowest BCUT2D eigenvalue weighted by molar-refractivity contribution is 0.0697. The van der Waals surface area contributed by atoms with E-state index in [0.29, 0.717) is 16.8 Å². The molecule has 4 rings (SSSR count). The molecule has 8 nitrogen and oxygen atoms in total. The van der Waals surface area contributed by atoms with Gasteiger partial charge in [-0.15, -0.1) is 0 Å². The monoisotopic (exact) mass is 429 g/mol. The maximum atomic E-state index is 13.4. The van der Waals surface area contributed by atoms with Gasteiger partial charge in [-0.1, -0.05) is 12.1 Å². The van der Waals surface area contributed by atoms with Gasteiger partial charge in [0, 0.05) is 28.6 Å². The average Bonchev–Trinajstić information content (AvgIpc) is 3.04. The molecule has 8 heteroatoms. The predicted octanol–water partition coefficient (Wildman–Crippen LogP) is 3.72. The van der Waals surface area contributed by atoms with Gasteiger partial charge in [0.1, 0.15) is 5.75 Å². The first-order chi connectivity index (χ1) is 15.3. The van der Waals surface area contributed by atoms with Gasteiger partial charge >= 0.3 is 5.97 Å². The first-order valence-electron chi connectivity index (χ1n) is 9.65. The van der Waals surface area contributed by atoms with Crippen molar-refractivity contribution in [3.63, 3.8) is 0 Å². The van der Waals surface area contributed by atoms with Crippen LogP contribution in [0.1, 0.15) is 42.3 Å². The van der Waals surface area contributed by atoms with Crippen molar-refractivity contribution in [3.05, 3.63) is 94.8 Å². The molecule has 2 aromatic heterocycles. The smallest absolute Gasteiger partial charge is 0.337 e. The number of carbonyl (C=O) groups excluding carboxylic acids is 2. The average molecular weight is 429 g/mol. The number of rotatable bonds is 5. The fourth-order valence-electron chi connectivity index (χ4n) is 3.62. The quantitative estimate of drug-likeness (QED) is 0.282. The third kappa shape index (κ3) is 3.54. The highest BCUT2D eigenvalue weighted by atomic mass is 16.4. The van der Waals surface area contributed by atoms with Crippen LogP contribution in [0.15, 0.2) is 66.9 Å². The zero-order valence-electron chi connectivity index (χ0n) is 17.0. The Bertz CT molecular complexity index is 1400. The number of ketones is 1. The highest BCUT2D eigenvalue weighted by Gasteiger charge is 2.24. The molecule has 5 N–H and O–H groups in total. The lowest BCUT2D eigenvalue weighted by Crippen LogP contribution is -2.12. The van der Waals surface area contributed by atoms with Crippen molar-refractivity contribution < 1.29 is 24.6 Å². The summed E-state index contributed by atoms with van der Waals surface area (Å²) in [5.41, 5.74) is 7.87. The molecular formula is C24H19N3O5. The number of hydrogen-bond donors (Lipinski definition) is 4. The molecule has 1 amide bonds. The molecule has 0 bridgehead atoms. The molecule has 2 heterocycles. The van der Waals surface area contributed by atoms with Crippen molar-refractivity contribution in [3.8, 4) is 5.75 Å². The Morgan fingerprint density at radius 3 is 2.47 bits per heavy atom.